The van der Waals surface area contributed by atoms with Crippen LogP contribution in [0.5, 0.6) is 0 Å². The molecule has 1 aromatic carbocycles. The second-order valence-corrected chi connectivity index (χ2v) is 3.12. The number of hydrogen-bond donors (Lipinski definition) is 0. The standard InChI is InChI=1S/C9H10BFNO/c1-13-10-12-5-7-3-2-4-9(11)8(7)6-12/h2-4H,5-6H2,1H3. The molecule has 0 N–H and O–H groups in total. The second-order valence-electron chi connectivity index (χ2n) is 3.12. The molecule has 1 radical (unpaired) electrons. The summed E-state index contributed by atoms with van der Waals surface area (Å²) < 4.78 is 18.1. The highest BCUT2D eigenvalue weighted by atomic mass is 19.1. The van der Waals surface area contributed by atoms with E-state index in [1.807, 2.05) is 10.9 Å². The maximum atomic E-state index is 13.2. The van der Waals surface area contributed by atoms with E-state index in [0.29, 0.717) is 6.54 Å². The Morgan fingerprint density at radius 3 is 3.00 bits per heavy atom. The van der Waals surface area contributed by atoms with E-state index in [-0.39, 0.29) is 5.82 Å². The van der Waals surface area contributed by atoms with Crippen LogP contribution in [0.2, 0.25) is 0 Å². The molecule has 4 heteroatoms. The third kappa shape index (κ3) is 1.60. The number of benzene rings is 1. The van der Waals surface area contributed by atoms with Gasteiger partial charge < -0.3 is 9.47 Å². The lowest BCUT2D eigenvalue weighted by molar-refractivity contribution is 0.344. The largest absolute Gasteiger partial charge is 0.427 e. The minimum Gasteiger partial charge on any atom is -0.427 e. The Morgan fingerprint density at radius 1 is 1.46 bits per heavy atom. The summed E-state index contributed by atoms with van der Waals surface area (Å²) in [5.41, 5.74) is 1.84. The van der Waals surface area contributed by atoms with Gasteiger partial charge in [-0.1, -0.05) is 12.1 Å². The van der Waals surface area contributed by atoms with Gasteiger partial charge in [-0.2, -0.15) is 0 Å². The van der Waals surface area contributed by atoms with Gasteiger partial charge in [0, 0.05) is 25.8 Å². The molecule has 0 atom stereocenters. The summed E-state index contributed by atoms with van der Waals surface area (Å²) in [6.07, 6.45) is 0. The van der Waals surface area contributed by atoms with Gasteiger partial charge in [-0.3, -0.25) is 0 Å². The molecule has 1 aliphatic heterocycles. The lowest BCUT2D eigenvalue weighted by Gasteiger charge is -2.09. The highest BCUT2D eigenvalue weighted by molar-refractivity contribution is 6.23. The molecule has 0 saturated carbocycles. The molecule has 1 aromatic rings. The molecule has 0 aliphatic carbocycles. The van der Waals surface area contributed by atoms with Crippen molar-refractivity contribution in [1.29, 1.82) is 0 Å². The Hall–Kier alpha value is -0.865. The van der Waals surface area contributed by atoms with Crippen molar-refractivity contribution in [2.75, 3.05) is 7.11 Å². The predicted molar refractivity (Wildman–Crippen MR) is 48.4 cm³/mol. The highest BCUT2D eigenvalue weighted by Gasteiger charge is 2.21. The second kappa shape index (κ2) is 3.48. The van der Waals surface area contributed by atoms with E-state index in [0.717, 1.165) is 17.7 Å². The molecule has 0 spiro atoms. The topological polar surface area (TPSA) is 12.5 Å². The molecular weight excluding hydrogens is 168 g/mol. The molecule has 1 aliphatic rings. The van der Waals surface area contributed by atoms with Gasteiger partial charge in [-0.15, -0.1) is 0 Å². The molecule has 2 nitrogen and oxygen atoms in total. The maximum Gasteiger partial charge on any atom is 0.399 e. The summed E-state index contributed by atoms with van der Waals surface area (Å²) in [7, 11) is 3.22. The van der Waals surface area contributed by atoms with Gasteiger partial charge in [0.25, 0.3) is 0 Å². The van der Waals surface area contributed by atoms with Crippen LogP contribution in [0.4, 0.5) is 4.39 Å². The molecule has 67 valence electrons. The van der Waals surface area contributed by atoms with E-state index in [9.17, 15) is 4.39 Å². The Bertz CT molecular complexity index is 318. The fourth-order valence-electron chi connectivity index (χ4n) is 1.63. The molecule has 0 bridgehead atoms. The third-order valence-electron chi connectivity index (χ3n) is 2.20. The lowest BCUT2D eigenvalue weighted by atomic mass is 10.1. The quantitative estimate of drug-likeness (QED) is 0.633. The molecule has 0 aromatic heterocycles. The zero-order chi connectivity index (χ0) is 9.26. The fraction of sp³-hybridized carbons (Fsp3) is 0.333. The minimum atomic E-state index is -0.121. The summed E-state index contributed by atoms with van der Waals surface area (Å²) in [5, 5.41) is 0. The molecule has 0 saturated heterocycles. The van der Waals surface area contributed by atoms with Crippen LogP contribution >= 0.6 is 0 Å². The fourth-order valence-corrected chi connectivity index (χ4v) is 1.63. The van der Waals surface area contributed by atoms with Crippen molar-refractivity contribution in [3.8, 4) is 0 Å². The van der Waals surface area contributed by atoms with Crippen molar-refractivity contribution in [2.45, 2.75) is 13.1 Å². The number of fused-ring (bicyclic) bond motifs is 1. The Morgan fingerprint density at radius 2 is 2.31 bits per heavy atom. The van der Waals surface area contributed by atoms with Gasteiger partial charge >= 0.3 is 7.62 Å². The number of halogens is 1. The zero-order valence-corrected chi connectivity index (χ0v) is 7.46. The van der Waals surface area contributed by atoms with E-state index in [4.69, 9.17) is 4.65 Å². The molecule has 2 rings (SSSR count). The molecule has 0 unspecified atom stereocenters. The third-order valence-corrected chi connectivity index (χ3v) is 2.20. The summed E-state index contributed by atoms with van der Waals surface area (Å²) in [4.78, 5) is 1.94. The van der Waals surface area contributed by atoms with Crippen molar-refractivity contribution in [3.63, 3.8) is 0 Å². The lowest BCUT2D eigenvalue weighted by Crippen LogP contribution is -2.22. The Kier molecular flexibility index (Phi) is 2.33. The van der Waals surface area contributed by atoms with E-state index in [1.165, 1.54) is 6.07 Å². The Balaban J connectivity index is 2.20. The van der Waals surface area contributed by atoms with Gasteiger partial charge in [0.15, 0.2) is 0 Å². The van der Waals surface area contributed by atoms with E-state index in [1.54, 1.807) is 20.8 Å². The highest BCUT2D eigenvalue weighted by Crippen LogP contribution is 2.23. The minimum absolute atomic E-state index is 0.121. The first-order chi connectivity index (χ1) is 6.31. The van der Waals surface area contributed by atoms with Gasteiger partial charge in [-0.25, -0.2) is 4.39 Å². The first-order valence-corrected chi connectivity index (χ1v) is 4.17. The number of rotatable bonds is 2. The van der Waals surface area contributed by atoms with Crippen LogP contribution in [0.15, 0.2) is 18.2 Å². The average Bonchev–Trinajstić information content (AvgIpc) is 2.49. The van der Waals surface area contributed by atoms with Crippen LogP contribution in [0.25, 0.3) is 0 Å². The van der Waals surface area contributed by atoms with E-state index in [2.05, 4.69) is 0 Å². The molecule has 0 fully saturated rings. The Labute approximate surface area is 77.6 Å². The van der Waals surface area contributed by atoms with Crippen molar-refractivity contribution >= 4 is 7.62 Å². The SMILES string of the molecule is CO[B]N1Cc2cccc(F)c2C1. The van der Waals surface area contributed by atoms with Gasteiger partial charge in [0.2, 0.25) is 0 Å². The molecular formula is C9H10BFNO. The predicted octanol–water partition coefficient (Wildman–Crippen LogP) is 1.32. The summed E-state index contributed by atoms with van der Waals surface area (Å²) in [6, 6.07) is 5.18. The smallest absolute Gasteiger partial charge is 0.399 e. The van der Waals surface area contributed by atoms with E-state index >= 15 is 0 Å². The summed E-state index contributed by atoms with van der Waals surface area (Å²) >= 11 is 0. The van der Waals surface area contributed by atoms with Gasteiger partial charge in [0.05, 0.1) is 0 Å². The van der Waals surface area contributed by atoms with Gasteiger partial charge in [-0.05, 0) is 11.6 Å². The van der Waals surface area contributed by atoms with Crippen molar-refractivity contribution in [1.82, 2.24) is 4.81 Å². The van der Waals surface area contributed by atoms with Crippen LogP contribution in [0.1, 0.15) is 11.1 Å². The normalized spacial score (nSPS) is 15.8. The van der Waals surface area contributed by atoms with Crippen molar-refractivity contribution < 1.29 is 9.04 Å². The van der Waals surface area contributed by atoms with Crippen LogP contribution in [-0.4, -0.2) is 19.5 Å². The van der Waals surface area contributed by atoms with Crippen LogP contribution in [-0.2, 0) is 17.7 Å². The average molecular weight is 178 g/mol. The van der Waals surface area contributed by atoms with Crippen molar-refractivity contribution in [3.05, 3.63) is 35.1 Å². The number of hydrogen-bond acceptors (Lipinski definition) is 2. The number of nitrogens with zero attached hydrogens (tertiary/aromatic N) is 1. The monoisotopic (exact) mass is 178 g/mol. The van der Waals surface area contributed by atoms with Gasteiger partial charge in [0.1, 0.15) is 5.82 Å². The maximum absolute atomic E-state index is 13.2. The molecule has 0 amide bonds. The summed E-state index contributed by atoms with van der Waals surface area (Å²) in [6.45, 7) is 1.34. The first kappa shape index (κ1) is 8.72. The first-order valence-electron chi connectivity index (χ1n) is 4.17. The van der Waals surface area contributed by atoms with Crippen LogP contribution < -0.4 is 0 Å². The van der Waals surface area contributed by atoms with Crippen molar-refractivity contribution in [2.24, 2.45) is 0 Å². The zero-order valence-electron chi connectivity index (χ0n) is 7.46. The molecule has 13 heavy (non-hydrogen) atoms. The van der Waals surface area contributed by atoms with Crippen LogP contribution in [0.3, 0.4) is 0 Å². The molecule has 1 heterocycles. The summed E-state index contributed by atoms with van der Waals surface area (Å²) in [5.74, 6) is -0.121. The van der Waals surface area contributed by atoms with Crippen LogP contribution in [0, 0.1) is 5.82 Å². The van der Waals surface area contributed by atoms with E-state index < -0.39 is 0 Å².